The van der Waals surface area contributed by atoms with Crippen molar-refractivity contribution < 1.29 is 9.18 Å². The number of aromatic nitrogens is 3. The van der Waals surface area contributed by atoms with E-state index >= 15 is 0 Å². The average Bonchev–Trinajstić information content (AvgIpc) is 3.08. The van der Waals surface area contributed by atoms with Crippen LogP contribution in [0, 0.1) is 5.82 Å². The Morgan fingerprint density at radius 3 is 2.79 bits per heavy atom. The molecule has 0 bridgehead atoms. The zero-order chi connectivity index (χ0) is 20.4. The van der Waals surface area contributed by atoms with Crippen LogP contribution in [0.15, 0.2) is 53.6 Å². The normalized spacial score (nSPS) is 11.2. The Bertz CT molecular complexity index is 1250. The SMILES string of the molecule is O=C(CCn1cnc2c([nH]c3ccc(F)cc32)c1=O)NCCc1ccc(Cl)cc1. The first-order valence-corrected chi connectivity index (χ1v) is 9.56. The van der Waals surface area contributed by atoms with Gasteiger partial charge in [-0.25, -0.2) is 9.37 Å². The van der Waals surface area contributed by atoms with E-state index in [1.807, 2.05) is 24.3 Å². The van der Waals surface area contributed by atoms with E-state index in [1.165, 1.54) is 23.0 Å². The molecule has 6 nitrogen and oxygen atoms in total. The molecule has 2 heterocycles. The van der Waals surface area contributed by atoms with E-state index in [0.717, 1.165) is 5.56 Å². The lowest BCUT2D eigenvalue weighted by Gasteiger charge is -2.07. The third-order valence-electron chi connectivity index (χ3n) is 4.76. The van der Waals surface area contributed by atoms with Crippen molar-refractivity contribution in [2.45, 2.75) is 19.4 Å². The van der Waals surface area contributed by atoms with Crippen LogP contribution in [-0.4, -0.2) is 27.0 Å². The molecule has 29 heavy (non-hydrogen) atoms. The van der Waals surface area contributed by atoms with Crippen LogP contribution in [0.25, 0.3) is 21.9 Å². The summed E-state index contributed by atoms with van der Waals surface area (Å²) in [5.74, 6) is -0.538. The molecule has 2 aromatic carbocycles. The zero-order valence-electron chi connectivity index (χ0n) is 15.4. The minimum absolute atomic E-state index is 0.148. The fourth-order valence-corrected chi connectivity index (χ4v) is 3.36. The van der Waals surface area contributed by atoms with Crippen molar-refractivity contribution >= 4 is 39.4 Å². The summed E-state index contributed by atoms with van der Waals surface area (Å²) in [5.41, 5.74) is 2.16. The van der Waals surface area contributed by atoms with Gasteiger partial charge in [-0.15, -0.1) is 0 Å². The average molecular weight is 413 g/mol. The number of hydrogen-bond acceptors (Lipinski definition) is 3. The lowest BCUT2D eigenvalue weighted by molar-refractivity contribution is -0.121. The molecule has 0 unspecified atom stereocenters. The van der Waals surface area contributed by atoms with E-state index in [2.05, 4.69) is 15.3 Å². The summed E-state index contributed by atoms with van der Waals surface area (Å²) in [4.78, 5) is 32.0. The minimum Gasteiger partial charge on any atom is -0.356 e. The number of nitrogens with zero attached hydrogens (tertiary/aromatic N) is 2. The molecule has 0 saturated carbocycles. The molecule has 148 valence electrons. The Balaban J connectivity index is 1.39. The maximum absolute atomic E-state index is 13.5. The first kappa shape index (κ1) is 19.1. The summed E-state index contributed by atoms with van der Waals surface area (Å²) in [6, 6.07) is 11.7. The molecule has 0 atom stereocenters. The van der Waals surface area contributed by atoms with Gasteiger partial charge >= 0.3 is 0 Å². The van der Waals surface area contributed by atoms with Gasteiger partial charge in [-0.1, -0.05) is 23.7 Å². The maximum Gasteiger partial charge on any atom is 0.277 e. The fraction of sp³-hybridized carbons (Fsp3) is 0.190. The number of carbonyl (C=O) groups excluding carboxylic acids is 1. The van der Waals surface area contributed by atoms with Gasteiger partial charge in [0, 0.05) is 35.4 Å². The largest absolute Gasteiger partial charge is 0.356 e. The number of H-pyrrole nitrogens is 1. The number of amides is 1. The number of aryl methyl sites for hydroxylation is 1. The Morgan fingerprint density at radius 1 is 1.21 bits per heavy atom. The monoisotopic (exact) mass is 412 g/mol. The topological polar surface area (TPSA) is 79.8 Å². The second-order valence-electron chi connectivity index (χ2n) is 6.76. The number of halogens is 2. The van der Waals surface area contributed by atoms with Gasteiger partial charge in [-0.05, 0) is 42.3 Å². The van der Waals surface area contributed by atoms with Gasteiger partial charge in [-0.2, -0.15) is 0 Å². The van der Waals surface area contributed by atoms with Crippen LogP contribution in [0.2, 0.25) is 5.02 Å². The predicted octanol–water partition coefficient (Wildman–Crippen LogP) is 3.42. The molecule has 0 aliphatic carbocycles. The van der Waals surface area contributed by atoms with Crippen molar-refractivity contribution in [3.63, 3.8) is 0 Å². The third kappa shape index (κ3) is 4.14. The van der Waals surface area contributed by atoms with Gasteiger partial charge in [0.05, 0.1) is 6.33 Å². The van der Waals surface area contributed by atoms with Gasteiger partial charge in [0.2, 0.25) is 5.91 Å². The second-order valence-corrected chi connectivity index (χ2v) is 7.19. The Kier molecular flexibility index (Phi) is 5.31. The van der Waals surface area contributed by atoms with Gasteiger partial charge < -0.3 is 10.3 Å². The number of benzene rings is 2. The highest BCUT2D eigenvalue weighted by atomic mass is 35.5. The van der Waals surface area contributed by atoms with Crippen molar-refractivity contribution in [1.29, 1.82) is 0 Å². The molecule has 0 radical (unpaired) electrons. The molecule has 4 rings (SSSR count). The first-order chi connectivity index (χ1) is 14.0. The number of fused-ring (bicyclic) bond motifs is 3. The number of hydrogen-bond donors (Lipinski definition) is 2. The summed E-state index contributed by atoms with van der Waals surface area (Å²) in [6.45, 7) is 0.707. The number of aromatic amines is 1. The summed E-state index contributed by atoms with van der Waals surface area (Å²) >= 11 is 5.85. The van der Waals surface area contributed by atoms with Crippen LogP contribution in [-0.2, 0) is 17.8 Å². The van der Waals surface area contributed by atoms with Crippen LogP contribution >= 0.6 is 11.6 Å². The third-order valence-corrected chi connectivity index (χ3v) is 5.01. The van der Waals surface area contributed by atoms with E-state index in [9.17, 15) is 14.0 Å². The number of carbonyl (C=O) groups is 1. The molecule has 0 spiro atoms. The van der Waals surface area contributed by atoms with Crippen LogP contribution in [0.4, 0.5) is 4.39 Å². The summed E-state index contributed by atoms with van der Waals surface area (Å²) < 4.78 is 14.9. The summed E-state index contributed by atoms with van der Waals surface area (Å²) in [7, 11) is 0. The lowest BCUT2D eigenvalue weighted by Crippen LogP contribution is -2.29. The Hall–Kier alpha value is -3.19. The van der Waals surface area contributed by atoms with E-state index in [0.29, 0.717) is 39.9 Å². The zero-order valence-corrected chi connectivity index (χ0v) is 16.2. The Labute approximate surface area is 170 Å². The Morgan fingerprint density at radius 2 is 2.00 bits per heavy atom. The van der Waals surface area contributed by atoms with Crippen LogP contribution in [0.1, 0.15) is 12.0 Å². The molecule has 2 N–H and O–H groups in total. The van der Waals surface area contributed by atoms with Gasteiger partial charge in [0.25, 0.3) is 5.56 Å². The second kappa shape index (κ2) is 8.05. The predicted molar refractivity (Wildman–Crippen MR) is 111 cm³/mol. The molecule has 0 aliphatic rings. The number of nitrogens with one attached hydrogen (secondary N) is 2. The quantitative estimate of drug-likeness (QED) is 0.509. The van der Waals surface area contributed by atoms with Crippen molar-refractivity contribution in [2.24, 2.45) is 0 Å². The highest BCUT2D eigenvalue weighted by Gasteiger charge is 2.12. The van der Waals surface area contributed by atoms with Crippen LogP contribution < -0.4 is 10.9 Å². The molecule has 0 fully saturated rings. The molecule has 1 amide bonds. The van der Waals surface area contributed by atoms with Crippen LogP contribution in [0.5, 0.6) is 0 Å². The van der Waals surface area contributed by atoms with Gasteiger partial charge in [0.1, 0.15) is 16.9 Å². The fourth-order valence-electron chi connectivity index (χ4n) is 3.23. The van der Waals surface area contributed by atoms with Crippen LogP contribution in [0.3, 0.4) is 0 Å². The number of rotatable bonds is 6. The molecular weight excluding hydrogens is 395 g/mol. The lowest BCUT2D eigenvalue weighted by atomic mass is 10.1. The summed E-state index contributed by atoms with van der Waals surface area (Å²) in [5, 5.41) is 4.08. The van der Waals surface area contributed by atoms with Crippen molar-refractivity contribution in [3.8, 4) is 0 Å². The molecular formula is C21H18ClFN4O2. The van der Waals surface area contributed by atoms with E-state index in [1.54, 1.807) is 6.07 Å². The highest BCUT2D eigenvalue weighted by molar-refractivity contribution is 6.30. The molecule has 0 saturated heterocycles. The smallest absolute Gasteiger partial charge is 0.277 e. The maximum atomic E-state index is 13.5. The molecule has 4 aromatic rings. The standard InChI is InChI=1S/C21H18ClFN4O2/c22-14-3-1-13(2-4-14)7-9-24-18(28)8-10-27-12-25-19-16-11-15(23)5-6-17(16)26-20(19)21(27)29/h1-6,11-12,26H,7-10H2,(H,24,28). The highest BCUT2D eigenvalue weighted by Crippen LogP contribution is 2.22. The summed E-state index contributed by atoms with van der Waals surface area (Å²) in [6.07, 6.45) is 2.24. The van der Waals surface area contributed by atoms with E-state index in [4.69, 9.17) is 11.6 Å². The van der Waals surface area contributed by atoms with Crippen molar-refractivity contribution in [3.05, 3.63) is 75.5 Å². The van der Waals surface area contributed by atoms with Crippen molar-refractivity contribution in [2.75, 3.05) is 6.54 Å². The van der Waals surface area contributed by atoms with E-state index < -0.39 is 0 Å². The van der Waals surface area contributed by atoms with E-state index in [-0.39, 0.29) is 30.2 Å². The molecule has 2 aromatic heterocycles. The van der Waals surface area contributed by atoms with Gasteiger partial charge in [0.15, 0.2) is 0 Å². The minimum atomic E-state index is -0.389. The molecule has 8 heteroatoms. The van der Waals surface area contributed by atoms with Crippen molar-refractivity contribution in [1.82, 2.24) is 19.9 Å². The first-order valence-electron chi connectivity index (χ1n) is 9.19. The molecule has 0 aliphatic heterocycles. The van der Waals surface area contributed by atoms with Gasteiger partial charge in [-0.3, -0.25) is 14.2 Å².